The summed E-state index contributed by atoms with van der Waals surface area (Å²) in [6, 6.07) is 0. The average Bonchev–Trinajstić information content (AvgIpc) is 2.89. The standard InChI is InChI=1S/C19H26O.C4H8O/c1-12-9-18-17-5-3-13-10-14(20)4-6-15(13)16(17)7-8-19(18,2)11-12;1-3-4(2)5/h3,5,10,12,15-18H,4,6-9,11H2,1-2H3;3H2,1-2H3/t12-,15?,16?,17?,18?,19?;/m1./s1. The molecule has 4 rings (SSSR count). The van der Waals surface area contributed by atoms with Gasteiger partial charge in [-0.15, -0.1) is 0 Å². The molecule has 25 heavy (non-hydrogen) atoms. The van der Waals surface area contributed by atoms with E-state index in [1.807, 2.05) is 13.0 Å². The van der Waals surface area contributed by atoms with Crippen LogP contribution in [0.15, 0.2) is 23.8 Å². The van der Waals surface area contributed by atoms with Gasteiger partial charge < -0.3 is 4.79 Å². The number of rotatable bonds is 1. The van der Waals surface area contributed by atoms with Gasteiger partial charge in [0.25, 0.3) is 0 Å². The predicted octanol–water partition coefficient (Wildman–Crippen LogP) is 5.53. The summed E-state index contributed by atoms with van der Waals surface area (Å²) >= 11 is 0. The van der Waals surface area contributed by atoms with Crippen molar-refractivity contribution in [2.75, 3.05) is 0 Å². The van der Waals surface area contributed by atoms with Crippen LogP contribution in [0.1, 0.15) is 72.6 Å². The number of fused-ring (bicyclic) bond motifs is 5. The zero-order valence-electron chi connectivity index (χ0n) is 16.4. The maximum absolute atomic E-state index is 11.6. The molecule has 0 bridgehead atoms. The smallest absolute Gasteiger partial charge is 0.155 e. The van der Waals surface area contributed by atoms with Crippen LogP contribution in [0.4, 0.5) is 0 Å². The van der Waals surface area contributed by atoms with Crippen LogP contribution in [0.5, 0.6) is 0 Å². The quantitative estimate of drug-likeness (QED) is 0.628. The van der Waals surface area contributed by atoms with E-state index in [0.717, 1.165) is 36.5 Å². The van der Waals surface area contributed by atoms with E-state index in [9.17, 15) is 9.59 Å². The molecule has 0 aromatic rings. The fourth-order valence-electron chi connectivity index (χ4n) is 6.08. The van der Waals surface area contributed by atoms with Gasteiger partial charge in [0.2, 0.25) is 0 Å². The first kappa shape index (κ1) is 18.6. The maximum Gasteiger partial charge on any atom is 0.155 e. The molecule has 2 heteroatoms. The summed E-state index contributed by atoms with van der Waals surface area (Å²) in [4.78, 5) is 21.5. The fraction of sp³-hybridized carbons (Fsp3) is 0.739. The number of ketones is 2. The van der Waals surface area contributed by atoms with E-state index < -0.39 is 0 Å². The Bertz CT molecular complexity index is 599. The minimum atomic E-state index is 0.255. The van der Waals surface area contributed by atoms with Gasteiger partial charge in [-0.05, 0) is 85.7 Å². The highest BCUT2D eigenvalue weighted by Gasteiger charge is 2.52. The van der Waals surface area contributed by atoms with Gasteiger partial charge in [-0.3, -0.25) is 4.79 Å². The molecule has 0 aromatic carbocycles. The molecule has 6 atom stereocenters. The predicted molar refractivity (Wildman–Crippen MR) is 102 cm³/mol. The van der Waals surface area contributed by atoms with Crippen molar-refractivity contribution in [3.63, 3.8) is 0 Å². The zero-order chi connectivity index (χ0) is 18.2. The molecule has 4 aliphatic carbocycles. The van der Waals surface area contributed by atoms with E-state index in [1.165, 1.54) is 31.3 Å². The lowest BCUT2D eigenvalue weighted by Crippen LogP contribution is -2.42. The van der Waals surface area contributed by atoms with Crippen LogP contribution in [-0.2, 0) is 9.59 Å². The van der Waals surface area contributed by atoms with Gasteiger partial charge in [0.05, 0.1) is 0 Å². The van der Waals surface area contributed by atoms with Crippen molar-refractivity contribution in [3.8, 4) is 0 Å². The van der Waals surface area contributed by atoms with Gasteiger partial charge in [0.1, 0.15) is 5.78 Å². The lowest BCUT2D eigenvalue weighted by atomic mass is 9.54. The van der Waals surface area contributed by atoms with Crippen molar-refractivity contribution >= 4 is 11.6 Å². The van der Waals surface area contributed by atoms with Gasteiger partial charge in [-0.2, -0.15) is 0 Å². The minimum absolute atomic E-state index is 0.255. The van der Waals surface area contributed by atoms with E-state index in [2.05, 4.69) is 26.0 Å². The third-order valence-electron chi connectivity index (χ3n) is 7.36. The monoisotopic (exact) mass is 342 g/mol. The second-order valence-corrected chi connectivity index (χ2v) is 9.26. The Balaban J connectivity index is 0.000000324. The number of allylic oxidation sites excluding steroid dienone is 4. The van der Waals surface area contributed by atoms with Gasteiger partial charge in [0, 0.05) is 12.8 Å². The first-order chi connectivity index (χ1) is 11.8. The normalized spacial score (nSPS) is 41.7. The molecule has 0 N–H and O–H groups in total. The molecular weight excluding hydrogens is 308 g/mol. The second-order valence-electron chi connectivity index (χ2n) is 9.26. The van der Waals surface area contributed by atoms with Crippen LogP contribution in [-0.4, -0.2) is 11.6 Å². The molecule has 0 heterocycles. The van der Waals surface area contributed by atoms with Crippen molar-refractivity contribution < 1.29 is 9.59 Å². The van der Waals surface area contributed by atoms with Crippen LogP contribution < -0.4 is 0 Å². The molecule has 2 saturated carbocycles. The van der Waals surface area contributed by atoms with E-state index in [4.69, 9.17) is 0 Å². The van der Waals surface area contributed by atoms with Gasteiger partial charge >= 0.3 is 0 Å². The summed E-state index contributed by atoms with van der Waals surface area (Å²) in [5.41, 5.74) is 1.94. The Morgan fingerprint density at radius 2 is 2.04 bits per heavy atom. The first-order valence-electron chi connectivity index (χ1n) is 10.3. The largest absolute Gasteiger partial charge is 0.300 e. The van der Waals surface area contributed by atoms with Crippen LogP contribution in [0.25, 0.3) is 0 Å². The van der Waals surface area contributed by atoms with Crippen LogP contribution in [0.2, 0.25) is 0 Å². The molecule has 0 radical (unpaired) electrons. The van der Waals surface area contributed by atoms with Crippen LogP contribution >= 0.6 is 0 Å². The van der Waals surface area contributed by atoms with E-state index >= 15 is 0 Å². The fourth-order valence-corrected chi connectivity index (χ4v) is 6.08. The van der Waals surface area contributed by atoms with Crippen molar-refractivity contribution in [2.24, 2.45) is 35.0 Å². The highest BCUT2D eigenvalue weighted by Crippen LogP contribution is 2.61. The Morgan fingerprint density at radius 1 is 1.32 bits per heavy atom. The summed E-state index contributed by atoms with van der Waals surface area (Å²) in [6.45, 7) is 8.42. The molecule has 2 nitrogen and oxygen atoms in total. The molecule has 2 fully saturated rings. The highest BCUT2D eigenvalue weighted by atomic mass is 16.1. The van der Waals surface area contributed by atoms with Gasteiger partial charge in [0.15, 0.2) is 5.78 Å². The number of hydrogen-bond donors (Lipinski definition) is 0. The molecule has 4 aliphatic rings. The number of carbonyl (C=O) groups is 2. The molecule has 5 unspecified atom stereocenters. The Hall–Kier alpha value is -1.18. The van der Waals surface area contributed by atoms with Crippen molar-refractivity contribution in [1.29, 1.82) is 0 Å². The SMILES string of the molecule is CCC(C)=O.C[C@@H]1CC2C3C=CC4=CC(=O)CCC4C3CCC2(C)C1. The summed E-state index contributed by atoms with van der Waals surface area (Å²) in [5.74, 6) is 4.69. The lowest BCUT2D eigenvalue weighted by Gasteiger charge is -2.50. The Morgan fingerprint density at radius 3 is 2.72 bits per heavy atom. The lowest BCUT2D eigenvalue weighted by molar-refractivity contribution is -0.117. The number of carbonyl (C=O) groups excluding carboxylic acids is 2. The van der Waals surface area contributed by atoms with Gasteiger partial charge in [-0.25, -0.2) is 0 Å². The molecule has 138 valence electrons. The summed E-state index contributed by atoms with van der Waals surface area (Å²) in [7, 11) is 0. The molecule has 0 aliphatic heterocycles. The molecule has 0 aromatic heterocycles. The molecule has 0 spiro atoms. The molecule has 0 saturated heterocycles. The van der Waals surface area contributed by atoms with Gasteiger partial charge in [-0.1, -0.05) is 32.9 Å². The first-order valence-corrected chi connectivity index (χ1v) is 10.3. The third kappa shape index (κ3) is 3.68. The molecule has 0 amide bonds. The van der Waals surface area contributed by atoms with Crippen molar-refractivity contribution in [3.05, 3.63) is 23.8 Å². The van der Waals surface area contributed by atoms with Crippen LogP contribution in [0.3, 0.4) is 0 Å². The van der Waals surface area contributed by atoms with E-state index in [-0.39, 0.29) is 5.78 Å². The maximum atomic E-state index is 11.6. The summed E-state index contributed by atoms with van der Waals surface area (Å²) in [6.07, 6.45) is 14.9. The van der Waals surface area contributed by atoms with E-state index in [1.54, 1.807) is 6.92 Å². The van der Waals surface area contributed by atoms with Crippen molar-refractivity contribution in [1.82, 2.24) is 0 Å². The summed E-state index contributed by atoms with van der Waals surface area (Å²) in [5, 5.41) is 0. The summed E-state index contributed by atoms with van der Waals surface area (Å²) < 4.78 is 0. The highest BCUT2D eigenvalue weighted by molar-refractivity contribution is 5.91. The topological polar surface area (TPSA) is 34.1 Å². The molecular formula is C23H34O2. The minimum Gasteiger partial charge on any atom is -0.300 e. The third-order valence-corrected chi connectivity index (χ3v) is 7.36. The van der Waals surface area contributed by atoms with Crippen molar-refractivity contribution in [2.45, 2.75) is 72.6 Å². The van der Waals surface area contributed by atoms with E-state index in [0.29, 0.717) is 23.5 Å². The number of Topliss-reactive ketones (excluding diaryl/α,β-unsaturated/α-hetero) is 1. The Kier molecular flexibility index (Phi) is 5.37. The average molecular weight is 343 g/mol. The zero-order valence-corrected chi connectivity index (χ0v) is 16.4. The second kappa shape index (κ2) is 7.21. The van der Waals surface area contributed by atoms with Crippen LogP contribution in [0, 0.1) is 35.0 Å². The number of hydrogen-bond acceptors (Lipinski definition) is 2. The Labute approximate surface area is 153 Å².